The summed E-state index contributed by atoms with van der Waals surface area (Å²) in [5, 5.41) is 0. The minimum absolute atomic E-state index is 0.765. The molecule has 3 heterocycles. The fourth-order valence-corrected chi connectivity index (χ4v) is 2.97. The van der Waals surface area contributed by atoms with Crippen molar-refractivity contribution in [2.24, 2.45) is 13.0 Å². The van der Waals surface area contributed by atoms with Gasteiger partial charge in [-0.05, 0) is 12.3 Å². The van der Waals surface area contributed by atoms with Gasteiger partial charge in [-0.25, -0.2) is 4.98 Å². The molecule has 2 aliphatic rings. The molecule has 1 aromatic rings. The van der Waals surface area contributed by atoms with Crippen LogP contribution < -0.4 is 0 Å². The molecule has 1 atom stereocenters. The lowest BCUT2D eigenvalue weighted by Gasteiger charge is -2.35. The van der Waals surface area contributed by atoms with Gasteiger partial charge in [0.25, 0.3) is 0 Å². The summed E-state index contributed by atoms with van der Waals surface area (Å²) in [6.07, 6.45) is 5.14. The average molecular weight is 264 g/mol. The van der Waals surface area contributed by atoms with Crippen molar-refractivity contribution in [1.82, 2.24) is 19.4 Å². The van der Waals surface area contributed by atoms with Crippen LogP contribution in [0.5, 0.6) is 0 Å². The van der Waals surface area contributed by atoms with E-state index in [1.807, 2.05) is 12.4 Å². The van der Waals surface area contributed by atoms with Crippen molar-refractivity contribution in [3.05, 3.63) is 18.2 Å². The van der Waals surface area contributed by atoms with Gasteiger partial charge >= 0.3 is 0 Å². The zero-order chi connectivity index (χ0) is 13.1. The highest BCUT2D eigenvalue weighted by Crippen LogP contribution is 2.15. The Balaban J connectivity index is 1.43. The Morgan fingerprint density at radius 1 is 1.26 bits per heavy atom. The second-order valence-corrected chi connectivity index (χ2v) is 5.76. The van der Waals surface area contributed by atoms with Gasteiger partial charge in [-0.1, -0.05) is 0 Å². The van der Waals surface area contributed by atoms with Crippen LogP contribution in [-0.2, 0) is 18.3 Å². The molecular weight excluding hydrogens is 240 g/mol. The first-order valence-electron chi connectivity index (χ1n) is 7.30. The van der Waals surface area contributed by atoms with Crippen LogP contribution in [0.2, 0.25) is 0 Å². The number of ether oxygens (including phenoxy) is 1. The molecule has 5 heteroatoms. The van der Waals surface area contributed by atoms with Gasteiger partial charge in [0.2, 0.25) is 0 Å². The number of aromatic nitrogens is 2. The normalized spacial score (nSPS) is 26.1. The van der Waals surface area contributed by atoms with E-state index in [2.05, 4.69) is 26.4 Å². The highest BCUT2D eigenvalue weighted by molar-refractivity contribution is 4.91. The molecule has 0 spiro atoms. The van der Waals surface area contributed by atoms with Gasteiger partial charge < -0.3 is 14.2 Å². The van der Waals surface area contributed by atoms with E-state index in [0.29, 0.717) is 0 Å². The third-order valence-electron chi connectivity index (χ3n) is 4.29. The van der Waals surface area contributed by atoms with Crippen molar-refractivity contribution < 1.29 is 4.74 Å². The highest BCUT2D eigenvalue weighted by Gasteiger charge is 2.23. The summed E-state index contributed by atoms with van der Waals surface area (Å²) in [7, 11) is 2.07. The van der Waals surface area contributed by atoms with E-state index in [4.69, 9.17) is 4.74 Å². The van der Waals surface area contributed by atoms with Crippen LogP contribution in [0.1, 0.15) is 12.2 Å². The molecule has 0 saturated carbocycles. The van der Waals surface area contributed by atoms with Crippen LogP contribution in [0, 0.1) is 5.92 Å². The number of imidazole rings is 1. The highest BCUT2D eigenvalue weighted by atomic mass is 16.5. The molecule has 1 unspecified atom stereocenters. The molecule has 0 aromatic carbocycles. The molecule has 106 valence electrons. The summed E-state index contributed by atoms with van der Waals surface area (Å²) < 4.78 is 7.57. The molecule has 19 heavy (non-hydrogen) atoms. The molecule has 0 aliphatic carbocycles. The Bertz CT molecular complexity index is 392. The van der Waals surface area contributed by atoms with Crippen molar-refractivity contribution in [3.8, 4) is 0 Å². The van der Waals surface area contributed by atoms with Crippen LogP contribution in [0.3, 0.4) is 0 Å². The first-order chi connectivity index (χ1) is 9.31. The summed E-state index contributed by atoms with van der Waals surface area (Å²) in [5.74, 6) is 1.93. The number of hydrogen-bond donors (Lipinski definition) is 0. The van der Waals surface area contributed by atoms with Gasteiger partial charge in [0.15, 0.2) is 0 Å². The smallest absolute Gasteiger partial charge is 0.122 e. The second-order valence-electron chi connectivity index (χ2n) is 5.76. The third kappa shape index (κ3) is 3.35. The quantitative estimate of drug-likeness (QED) is 0.796. The van der Waals surface area contributed by atoms with Crippen molar-refractivity contribution in [2.75, 3.05) is 45.9 Å². The third-order valence-corrected chi connectivity index (χ3v) is 4.29. The van der Waals surface area contributed by atoms with Crippen molar-refractivity contribution >= 4 is 0 Å². The van der Waals surface area contributed by atoms with Gasteiger partial charge in [-0.15, -0.1) is 0 Å². The maximum Gasteiger partial charge on any atom is 0.122 e. The van der Waals surface area contributed by atoms with Crippen molar-refractivity contribution in [3.63, 3.8) is 0 Å². The number of hydrogen-bond acceptors (Lipinski definition) is 4. The molecule has 2 fully saturated rings. The van der Waals surface area contributed by atoms with E-state index in [-0.39, 0.29) is 0 Å². The van der Waals surface area contributed by atoms with E-state index in [0.717, 1.165) is 44.6 Å². The minimum atomic E-state index is 0.765. The molecule has 0 radical (unpaired) electrons. The summed E-state index contributed by atoms with van der Waals surface area (Å²) >= 11 is 0. The molecule has 1 aromatic heterocycles. The Labute approximate surface area is 115 Å². The predicted molar refractivity (Wildman–Crippen MR) is 73.9 cm³/mol. The van der Waals surface area contributed by atoms with Crippen molar-refractivity contribution in [1.29, 1.82) is 0 Å². The molecule has 5 nitrogen and oxygen atoms in total. The lowest BCUT2D eigenvalue weighted by Crippen LogP contribution is -2.47. The Morgan fingerprint density at radius 3 is 2.68 bits per heavy atom. The van der Waals surface area contributed by atoms with Gasteiger partial charge in [-0.3, -0.25) is 4.90 Å². The average Bonchev–Trinajstić information content (AvgIpc) is 3.05. The summed E-state index contributed by atoms with van der Waals surface area (Å²) in [4.78, 5) is 9.50. The maximum atomic E-state index is 5.45. The van der Waals surface area contributed by atoms with E-state index >= 15 is 0 Å². The van der Waals surface area contributed by atoms with Crippen molar-refractivity contribution in [2.45, 2.75) is 13.0 Å². The van der Waals surface area contributed by atoms with Crippen LogP contribution in [0.25, 0.3) is 0 Å². The molecule has 2 saturated heterocycles. The molecule has 0 amide bonds. The maximum absolute atomic E-state index is 5.45. The number of nitrogens with zero attached hydrogens (tertiary/aromatic N) is 4. The zero-order valence-corrected chi connectivity index (χ0v) is 11.8. The van der Waals surface area contributed by atoms with Crippen LogP contribution in [-0.4, -0.2) is 65.3 Å². The summed E-state index contributed by atoms with van der Waals surface area (Å²) in [6, 6.07) is 0. The lowest BCUT2D eigenvalue weighted by atomic mass is 10.1. The topological polar surface area (TPSA) is 33.5 Å². The minimum Gasteiger partial charge on any atom is -0.381 e. The van der Waals surface area contributed by atoms with E-state index in [9.17, 15) is 0 Å². The fourth-order valence-electron chi connectivity index (χ4n) is 2.97. The lowest BCUT2D eigenvalue weighted by molar-refractivity contribution is 0.105. The monoisotopic (exact) mass is 264 g/mol. The van der Waals surface area contributed by atoms with E-state index < -0.39 is 0 Å². The molecule has 3 rings (SSSR count). The number of rotatable bonds is 4. The summed E-state index contributed by atoms with van der Waals surface area (Å²) in [5.41, 5.74) is 0. The molecule has 0 bridgehead atoms. The van der Waals surface area contributed by atoms with Gasteiger partial charge in [-0.2, -0.15) is 0 Å². The van der Waals surface area contributed by atoms with Crippen LogP contribution in [0.4, 0.5) is 0 Å². The molecule has 0 N–H and O–H groups in total. The van der Waals surface area contributed by atoms with Gasteiger partial charge in [0, 0.05) is 58.8 Å². The first kappa shape index (κ1) is 13.1. The number of piperazine rings is 1. The fraction of sp³-hybridized carbons (Fsp3) is 0.786. The van der Waals surface area contributed by atoms with Crippen LogP contribution >= 0.6 is 0 Å². The predicted octanol–water partition coefficient (Wildman–Crippen LogP) is 0.574. The molecule has 2 aliphatic heterocycles. The van der Waals surface area contributed by atoms with Gasteiger partial charge in [0.1, 0.15) is 5.82 Å². The Morgan fingerprint density at radius 2 is 2.05 bits per heavy atom. The largest absolute Gasteiger partial charge is 0.381 e. The Hall–Kier alpha value is -0.910. The molecular formula is C14H24N4O. The summed E-state index contributed by atoms with van der Waals surface area (Å²) in [6.45, 7) is 8.79. The first-order valence-corrected chi connectivity index (χ1v) is 7.30. The second kappa shape index (κ2) is 6.03. The van der Waals surface area contributed by atoms with E-state index in [1.165, 1.54) is 26.1 Å². The number of aryl methyl sites for hydroxylation is 1. The van der Waals surface area contributed by atoms with E-state index in [1.54, 1.807) is 0 Å². The SMILES string of the molecule is Cn1ccnc1CN1CCN(CC2CCOC2)CC1. The standard InChI is InChI=1S/C14H24N4O/c1-16-4-3-15-14(16)11-18-7-5-17(6-8-18)10-13-2-9-19-12-13/h3-4,13H,2,5-12H2,1H3. The Kier molecular flexibility index (Phi) is 4.15. The zero-order valence-electron chi connectivity index (χ0n) is 11.8. The van der Waals surface area contributed by atoms with Gasteiger partial charge in [0.05, 0.1) is 13.2 Å². The van der Waals surface area contributed by atoms with Crippen LogP contribution in [0.15, 0.2) is 12.4 Å².